The summed E-state index contributed by atoms with van der Waals surface area (Å²) < 4.78 is 7.03. The summed E-state index contributed by atoms with van der Waals surface area (Å²) in [6.45, 7) is 6.14. The molecule has 1 aliphatic rings. The van der Waals surface area contributed by atoms with Crippen LogP contribution in [-0.4, -0.2) is 17.6 Å². The fourth-order valence-corrected chi connectivity index (χ4v) is 2.89. The summed E-state index contributed by atoms with van der Waals surface area (Å²) >= 11 is 6.35. The Morgan fingerprint density at radius 3 is 2.47 bits per heavy atom. The molecule has 1 fully saturated rings. The van der Waals surface area contributed by atoms with Crippen molar-refractivity contribution >= 4 is 17.6 Å². The van der Waals surface area contributed by atoms with Crippen molar-refractivity contribution in [1.29, 1.82) is 0 Å². The van der Waals surface area contributed by atoms with Crippen LogP contribution >= 0.6 is 11.6 Å². The number of aromatic nitrogens is 1. The summed E-state index contributed by atoms with van der Waals surface area (Å²) in [5, 5.41) is 0.566. The second-order valence-electron chi connectivity index (χ2n) is 4.91. The number of methoxy groups -OCH3 is 1. The van der Waals surface area contributed by atoms with Crippen molar-refractivity contribution in [1.82, 2.24) is 4.57 Å². The van der Waals surface area contributed by atoms with E-state index in [0.29, 0.717) is 22.5 Å². The molecule has 1 aromatic rings. The molecule has 0 radical (unpaired) electrons. The van der Waals surface area contributed by atoms with Gasteiger partial charge >= 0.3 is 5.97 Å². The highest BCUT2D eigenvalue weighted by Crippen LogP contribution is 2.43. The first-order chi connectivity index (χ1) is 7.99. The Morgan fingerprint density at radius 1 is 1.47 bits per heavy atom. The summed E-state index contributed by atoms with van der Waals surface area (Å²) in [7, 11) is 1.39. The third-order valence-corrected chi connectivity index (χ3v) is 3.66. The molecule has 1 aliphatic carbocycles. The molecule has 94 valence electrons. The zero-order valence-electron chi connectivity index (χ0n) is 10.7. The van der Waals surface area contributed by atoms with Gasteiger partial charge in [0.15, 0.2) is 0 Å². The Kier molecular flexibility index (Phi) is 3.21. The van der Waals surface area contributed by atoms with E-state index in [0.717, 1.165) is 11.4 Å². The van der Waals surface area contributed by atoms with Gasteiger partial charge in [-0.3, -0.25) is 0 Å². The molecule has 1 heterocycles. The molecule has 1 saturated carbocycles. The largest absolute Gasteiger partial charge is 0.465 e. The number of esters is 1. The second kappa shape index (κ2) is 4.37. The molecule has 2 rings (SSSR count). The van der Waals surface area contributed by atoms with E-state index in [2.05, 4.69) is 18.4 Å². The van der Waals surface area contributed by atoms with Crippen molar-refractivity contribution in [2.45, 2.75) is 45.6 Å². The summed E-state index contributed by atoms with van der Waals surface area (Å²) in [4.78, 5) is 11.8. The highest BCUT2D eigenvalue weighted by atomic mass is 35.5. The van der Waals surface area contributed by atoms with Gasteiger partial charge in [-0.15, -0.1) is 0 Å². The highest BCUT2D eigenvalue weighted by molar-refractivity contribution is 6.34. The van der Waals surface area contributed by atoms with Crippen molar-refractivity contribution < 1.29 is 9.53 Å². The van der Waals surface area contributed by atoms with Crippen molar-refractivity contribution in [3.05, 3.63) is 22.0 Å². The third-order valence-electron chi connectivity index (χ3n) is 3.28. The molecular formula is C13H18ClNO2. The lowest BCUT2D eigenvalue weighted by molar-refractivity contribution is 0.0600. The van der Waals surface area contributed by atoms with E-state index in [1.807, 2.05) is 6.92 Å². The zero-order chi connectivity index (χ0) is 12.7. The average molecular weight is 256 g/mol. The Labute approximate surface area is 107 Å². The van der Waals surface area contributed by atoms with Crippen LogP contribution in [0.25, 0.3) is 0 Å². The number of hydrogen-bond donors (Lipinski definition) is 0. The minimum atomic E-state index is -0.339. The molecule has 0 unspecified atom stereocenters. The van der Waals surface area contributed by atoms with E-state index in [4.69, 9.17) is 16.3 Å². The van der Waals surface area contributed by atoms with Crippen molar-refractivity contribution in [3.63, 3.8) is 0 Å². The zero-order valence-corrected chi connectivity index (χ0v) is 11.5. The van der Waals surface area contributed by atoms with Gasteiger partial charge in [-0.05, 0) is 25.7 Å². The van der Waals surface area contributed by atoms with E-state index >= 15 is 0 Å². The first kappa shape index (κ1) is 12.5. The molecule has 17 heavy (non-hydrogen) atoms. The predicted octanol–water partition coefficient (Wildman–Crippen LogP) is 3.69. The number of carbonyl (C=O) groups is 1. The molecule has 0 amide bonds. The molecule has 0 bridgehead atoms. The van der Waals surface area contributed by atoms with Gasteiger partial charge in [-0.2, -0.15) is 0 Å². The third kappa shape index (κ3) is 1.97. The second-order valence-corrected chi connectivity index (χ2v) is 5.29. The predicted molar refractivity (Wildman–Crippen MR) is 67.9 cm³/mol. The Morgan fingerprint density at radius 2 is 2.06 bits per heavy atom. The number of rotatable bonds is 3. The van der Waals surface area contributed by atoms with Crippen LogP contribution in [0.5, 0.6) is 0 Å². The van der Waals surface area contributed by atoms with Gasteiger partial charge in [0, 0.05) is 17.4 Å². The molecule has 3 nitrogen and oxygen atoms in total. The van der Waals surface area contributed by atoms with E-state index in [9.17, 15) is 4.79 Å². The SMILES string of the molecule is COC(=O)c1c(Cl)c(C(C)C)n(C2CC2)c1C. The topological polar surface area (TPSA) is 31.2 Å². The van der Waals surface area contributed by atoms with Crippen LogP contribution in [0.2, 0.25) is 5.02 Å². The molecule has 1 aromatic heterocycles. The lowest BCUT2D eigenvalue weighted by Crippen LogP contribution is -2.06. The van der Waals surface area contributed by atoms with Crippen molar-refractivity contribution in [3.8, 4) is 0 Å². The first-order valence-corrected chi connectivity index (χ1v) is 6.35. The van der Waals surface area contributed by atoms with Gasteiger partial charge in [0.1, 0.15) is 0 Å². The number of carbonyl (C=O) groups excluding carboxylic acids is 1. The highest BCUT2D eigenvalue weighted by Gasteiger charge is 2.33. The number of ether oxygens (including phenoxy) is 1. The minimum absolute atomic E-state index is 0.306. The molecule has 0 aliphatic heterocycles. The fraction of sp³-hybridized carbons (Fsp3) is 0.615. The van der Waals surface area contributed by atoms with Crippen LogP contribution in [0, 0.1) is 6.92 Å². The molecule has 0 aromatic carbocycles. The quantitative estimate of drug-likeness (QED) is 0.772. The van der Waals surface area contributed by atoms with Crippen LogP contribution < -0.4 is 0 Å². The van der Waals surface area contributed by atoms with Crippen LogP contribution in [0.15, 0.2) is 0 Å². The van der Waals surface area contributed by atoms with Crippen LogP contribution in [0.3, 0.4) is 0 Å². The summed E-state index contributed by atoms with van der Waals surface area (Å²) in [6, 6.07) is 0.517. The van der Waals surface area contributed by atoms with E-state index in [1.165, 1.54) is 20.0 Å². The van der Waals surface area contributed by atoms with Gasteiger partial charge in [0.05, 0.1) is 17.7 Å². The Hall–Kier alpha value is -0.960. The van der Waals surface area contributed by atoms with Gasteiger partial charge in [-0.25, -0.2) is 4.79 Å². The van der Waals surface area contributed by atoms with Gasteiger partial charge in [0.25, 0.3) is 0 Å². The van der Waals surface area contributed by atoms with E-state index in [-0.39, 0.29) is 5.97 Å². The number of nitrogens with zero attached hydrogens (tertiary/aromatic N) is 1. The van der Waals surface area contributed by atoms with E-state index < -0.39 is 0 Å². The molecule has 0 saturated heterocycles. The maximum atomic E-state index is 11.8. The Balaban J connectivity index is 2.62. The first-order valence-electron chi connectivity index (χ1n) is 5.97. The van der Waals surface area contributed by atoms with Crippen molar-refractivity contribution in [2.75, 3.05) is 7.11 Å². The number of halogens is 1. The molecule has 0 N–H and O–H groups in total. The smallest absolute Gasteiger partial charge is 0.341 e. The monoisotopic (exact) mass is 255 g/mol. The standard InChI is InChI=1S/C13H18ClNO2/c1-7(2)12-11(14)10(13(16)17-4)8(3)15(12)9-5-6-9/h7,9H,5-6H2,1-4H3. The van der Waals surface area contributed by atoms with Gasteiger partial charge in [0.2, 0.25) is 0 Å². The van der Waals surface area contributed by atoms with Crippen LogP contribution in [-0.2, 0) is 4.74 Å². The summed E-state index contributed by atoms with van der Waals surface area (Å²) in [5.41, 5.74) is 2.53. The maximum absolute atomic E-state index is 11.8. The van der Waals surface area contributed by atoms with Crippen molar-refractivity contribution in [2.24, 2.45) is 0 Å². The number of hydrogen-bond acceptors (Lipinski definition) is 2. The molecule has 0 spiro atoms. The minimum Gasteiger partial charge on any atom is -0.465 e. The normalized spacial score (nSPS) is 15.4. The molecule has 0 atom stereocenters. The van der Waals surface area contributed by atoms with Gasteiger partial charge < -0.3 is 9.30 Å². The van der Waals surface area contributed by atoms with Gasteiger partial charge in [-0.1, -0.05) is 25.4 Å². The fourth-order valence-electron chi connectivity index (χ4n) is 2.37. The Bertz CT molecular complexity index is 433. The van der Waals surface area contributed by atoms with E-state index in [1.54, 1.807) is 0 Å². The summed E-state index contributed by atoms with van der Waals surface area (Å²) in [5.74, 6) is -0.0333. The average Bonchev–Trinajstić information content (AvgIpc) is 3.04. The molecular weight excluding hydrogens is 238 g/mol. The van der Waals surface area contributed by atoms with Crippen LogP contribution in [0.4, 0.5) is 0 Å². The molecule has 4 heteroatoms. The summed E-state index contributed by atoms with van der Waals surface area (Å²) in [6.07, 6.45) is 2.35. The van der Waals surface area contributed by atoms with Crippen LogP contribution in [0.1, 0.15) is 60.4 Å². The lowest BCUT2D eigenvalue weighted by Gasteiger charge is -2.13. The lowest BCUT2D eigenvalue weighted by atomic mass is 10.1. The maximum Gasteiger partial charge on any atom is 0.341 e.